The Morgan fingerprint density at radius 2 is 1.41 bits per heavy atom. The normalized spacial score (nSPS) is 10.9. The highest BCUT2D eigenvalue weighted by molar-refractivity contribution is 5.88. The Bertz CT molecular complexity index is 1420. The van der Waals surface area contributed by atoms with Crippen molar-refractivity contribution >= 4 is 11.0 Å². The van der Waals surface area contributed by atoms with Crippen LogP contribution in [0.1, 0.15) is 11.1 Å². The molecular formula is C28H20O4. The maximum atomic E-state index is 13.0. The van der Waals surface area contributed by atoms with Crippen LogP contribution in [0.2, 0.25) is 0 Å². The lowest BCUT2D eigenvalue weighted by atomic mass is 10.00. The van der Waals surface area contributed by atoms with Crippen molar-refractivity contribution < 1.29 is 14.3 Å². The van der Waals surface area contributed by atoms with Crippen LogP contribution in [0.5, 0.6) is 17.2 Å². The molecule has 5 aromatic rings. The molecule has 1 N–H and O–H groups in total. The first-order valence-electron chi connectivity index (χ1n) is 10.3. The molecular weight excluding hydrogens is 400 g/mol. The van der Waals surface area contributed by atoms with E-state index in [-0.39, 0.29) is 22.1 Å². The van der Waals surface area contributed by atoms with E-state index in [4.69, 9.17) is 9.15 Å². The van der Waals surface area contributed by atoms with E-state index in [1.165, 1.54) is 6.07 Å². The van der Waals surface area contributed by atoms with Crippen molar-refractivity contribution in [2.24, 2.45) is 0 Å². The number of hydrogen-bond acceptors (Lipinski definition) is 4. The lowest BCUT2D eigenvalue weighted by Gasteiger charge is -2.15. The van der Waals surface area contributed by atoms with Gasteiger partial charge in [0, 0.05) is 29.7 Å². The largest absolute Gasteiger partial charge is 0.507 e. The average Bonchev–Trinajstić information content (AvgIpc) is 2.83. The fourth-order valence-electron chi connectivity index (χ4n) is 3.74. The van der Waals surface area contributed by atoms with Crippen LogP contribution in [0, 0.1) is 0 Å². The SMILES string of the molecule is O=c1cc(-c2ccccc2)oc2cc(Oc3ccccc3)c(Cc3ccccc3)c(O)c12. The summed E-state index contributed by atoms with van der Waals surface area (Å²) >= 11 is 0. The van der Waals surface area contributed by atoms with Crippen LogP contribution in [0.15, 0.2) is 112 Å². The molecule has 1 aromatic heterocycles. The van der Waals surface area contributed by atoms with E-state index in [0.29, 0.717) is 29.2 Å². The number of phenolic OH excluding ortho intramolecular Hbond substituents is 1. The molecule has 0 saturated heterocycles. The maximum Gasteiger partial charge on any atom is 0.197 e. The average molecular weight is 420 g/mol. The van der Waals surface area contributed by atoms with Crippen LogP contribution in [-0.2, 0) is 6.42 Å². The van der Waals surface area contributed by atoms with Gasteiger partial charge in [0.05, 0.1) is 0 Å². The summed E-state index contributed by atoms with van der Waals surface area (Å²) in [5.74, 6) is 1.38. The van der Waals surface area contributed by atoms with Gasteiger partial charge in [0.15, 0.2) is 5.43 Å². The minimum atomic E-state index is -0.303. The Kier molecular flexibility index (Phi) is 5.18. The van der Waals surface area contributed by atoms with E-state index in [0.717, 1.165) is 11.1 Å². The van der Waals surface area contributed by atoms with E-state index in [9.17, 15) is 9.90 Å². The molecule has 0 spiro atoms. The molecule has 0 fully saturated rings. The second-order valence-corrected chi connectivity index (χ2v) is 7.49. The number of fused-ring (bicyclic) bond motifs is 1. The molecule has 0 bridgehead atoms. The monoisotopic (exact) mass is 420 g/mol. The zero-order valence-corrected chi connectivity index (χ0v) is 17.2. The summed E-state index contributed by atoms with van der Waals surface area (Å²) in [5.41, 5.74) is 2.28. The van der Waals surface area contributed by atoms with Gasteiger partial charge in [-0.2, -0.15) is 0 Å². The van der Waals surface area contributed by atoms with Crippen LogP contribution in [0.25, 0.3) is 22.3 Å². The molecule has 5 rings (SSSR count). The third kappa shape index (κ3) is 3.86. The summed E-state index contributed by atoms with van der Waals surface area (Å²) in [7, 11) is 0. The van der Waals surface area contributed by atoms with Crippen molar-refractivity contribution in [1.82, 2.24) is 0 Å². The van der Waals surface area contributed by atoms with Gasteiger partial charge in [-0.05, 0) is 17.7 Å². The summed E-state index contributed by atoms with van der Waals surface area (Å²) in [5, 5.41) is 11.3. The van der Waals surface area contributed by atoms with E-state index < -0.39 is 0 Å². The maximum absolute atomic E-state index is 13.0. The van der Waals surface area contributed by atoms with Gasteiger partial charge >= 0.3 is 0 Å². The molecule has 0 amide bonds. The predicted octanol–water partition coefficient (Wildman–Crippen LogP) is 6.55. The smallest absolute Gasteiger partial charge is 0.197 e. The highest BCUT2D eigenvalue weighted by Gasteiger charge is 2.20. The van der Waals surface area contributed by atoms with Crippen LogP contribution in [0.3, 0.4) is 0 Å². The lowest BCUT2D eigenvalue weighted by molar-refractivity contribution is 0.448. The minimum Gasteiger partial charge on any atom is -0.507 e. The Balaban J connectivity index is 1.71. The third-order valence-corrected chi connectivity index (χ3v) is 5.31. The number of benzene rings is 4. The summed E-state index contributed by atoms with van der Waals surface area (Å²) in [4.78, 5) is 13.0. The van der Waals surface area contributed by atoms with E-state index in [1.54, 1.807) is 6.07 Å². The summed E-state index contributed by atoms with van der Waals surface area (Å²) < 4.78 is 12.2. The number of phenols is 1. The number of para-hydroxylation sites is 1. The van der Waals surface area contributed by atoms with Gasteiger partial charge in [-0.3, -0.25) is 4.79 Å². The standard InChI is InChI=1S/C28H20O4/c29-23-17-24(20-12-6-2-7-13-20)32-26-18-25(31-21-14-8-3-9-15-21)22(28(30)27(23)26)16-19-10-4-1-5-11-19/h1-15,17-18,30H,16H2. The quantitative estimate of drug-likeness (QED) is 0.350. The van der Waals surface area contributed by atoms with Crippen molar-refractivity contribution in [3.63, 3.8) is 0 Å². The van der Waals surface area contributed by atoms with Crippen LogP contribution >= 0.6 is 0 Å². The zero-order chi connectivity index (χ0) is 21.9. The molecule has 0 aliphatic rings. The molecule has 0 aliphatic heterocycles. The second kappa shape index (κ2) is 8.44. The van der Waals surface area contributed by atoms with Gasteiger partial charge < -0.3 is 14.3 Å². The fraction of sp³-hybridized carbons (Fsp3) is 0.0357. The van der Waals surface area contributed by atoms with E-state index in [2.05, 4.69) is 0 Å². The predicted molar refractivity (Wildman–Crippen MR) is 125 cm³/mol. The van der Waals surface area contributed by atoms with Crippen LogP contribution < -0.4 is 10.2 Å². The summed E-state index contributed by atoms with van der Waals surface area (Å²) in [6.07, 6.45) is 0.407. The molecule has 1 heterocycles. The molecule has 4 aromatic carbocycles. The Morgan fingerprint density at radius 3 is 2.09 bits per heavy atom. The Labute approximate surface area is 185 Å². The molecule has 32 heavy (non-hydrogen) atoms. The zero-order valence-electron chi connectivity index (χ0n) is 17.2. The highest BCUT2D eigenvalue weighted by Crippen LogP contribution is 2.39. The third-order valence-electron chi connectivity index (χ3n) is 5.31. The van der Waals surface area contributed by atoms with Crippen molar-refractivity contribution in [2.75, 3.05) is 0 Å². The topological polar surface area (TPSA) is 59.7 Å². The molecule has 0 atom stereocenters. The lowest BCUT2D eigenvalue weighted by Crippen LogP contribution is -2.04. The fourth-order valence-corrected chi connectivity index (χ4v) is 3.74. The van der Waals surface area contributed by atoms with Crippen molar-refractivity contribution in [2.45, 2.75) is 6.42 Å². The first-order chi connectivity index (χ1) is 15.7. The number of ether oxygens (including phenoxy) is 1. The first kappa shape index (κ1) is 19.6. The Morgan fingerprint density at radius 1 is 0.781 bits per heavy atom. The Hall–Kier alpha value is -4.31. The van der Waals surface area contributed by atoms with Gasteiger partial charge in [-0.1, -0.05) is 78.9 Å². The van der Waals surface area contributed by atoms with E-state index >= 15 is 0 Å². The molecule has 0 aliphatic carbocycles. The van der Waals surface area contributed by atoms with Gasteiger partial charge in [-0.25, -0.2) is 0 Å². The van der Waals surface area contributed by atoms with Gasteiger partial charge in [0.2, 0.25) is 0 Å². The minimum absolute atomic E-state index is 0.120. The molecule has 0 saturated carbocycles. The van der Waals surface area contributed by atoms with Crippen LogP contribution in [0.4, 0.5) is 0 Å². The highest BCUT2D eigenvalue weighted by atomic mass is 16.5. The van der Waals surface area contributed by atoms with Gasteiger partial charge in [0.25, 0.3) is 0 Å². The molecule has 0 radical (unpaired) electrons. The molecule has 4 nitrogen and oxygen atoms in total. The molecule has 156 valence electrons. The number of hydrogen-bond donors (Lipinski definition) is 1. The van der Waals surface area contributed by atoms with Crippen LogP contribution in [-0.4, -0.2) is 5.11 Å². The second-order valence-electron chi connectivity index (χ2n) is 7.49. The van der Waals surface area contributed by atoms with Crippen molar-refractivity contribution in [3.8, 4) is 28.6 Å². The van der Waals surface area contributed by atoms with Crippen molar-refractivity contribution in [3.05, 3.63) is 124 Å². The molecule has 4 heteroatoms. The van der Waals surface area contributed by atoms with Gasteiger partial charge in [-0.15, -0.1) is 0 Å². The summed E-state index contributed by atoms with van der Waals surface area (Å²) in [6, 6.07) is 31.6. The first-order valence-corrected chi connectivity index (χ1v) is 10.3. The number of rotatable bonds is 5. The summed E-state index contributed by atoms with van der Waals surface area (Å²) in [6.45, 7) is 0. The number of aromatic hydroxyl groups is 1. The van der Waals surface area contributed by atoms with Crippen molar-refractivity contribution in [1.29, 1.82) is 0 Å². The van der Waals surface area contributed by atoms with E-state index in [1.807, 2.05) is 91.0 Å². The van der Waals surface area contributed by atoms with Gasteiger partial charge in [0.1, 0.15) is 34.0 Å². The molecule has 0 unspecified atom stereocenters.